The largest absolute Gasteiger partial charge is 0.396 e. The number of hydrogen-bond acceptors (Lipinski definition) is 4. The van der Waals surface area contributed by atoms with Gasteiger partial charge in [-0.05, 0) is 54.8 Å². The highest BCUT2D eigenvalue weighted by molar-refractivity contribution is 5.08. The fraction of sp³-hybridized carbons (Fsp3) is 1.00. The van der Waals surface area contributed by atoms with E-state index in [1.165, 1.54) is 38.5 Å². The highest BCUT2D eigenvalue weighted by atomic mass is 16.7. The lowest BCUT2D eigenvalue weighted by molar-refractivity contribution is -0.185. The van der Waals surface area contributed by atoms with E-state index in [0.717, 1.165) is 38.4 Å². The summed E-state index contributed by atoms with van der Waals surface area (Å²) in [5.41, 5.74) is 0.707. The molecule has 0 aromatic carbocycles. The fourth-order valence-corrected chi connectivity index (χ4v) is 5.26. The molecule has 4 atom stereocenters. The smallest absolute Gasteiger partial charge is 0.168 e. The Kier molecular flexibility index (Phi) is 3.80. The summed E-state index contributed by atoms with van der Waals surface area (Å²) in [5, 5.41) is 18.2. The van der Waals surface area contributed by atoms with Crippen molar-refractivity contribution in [2.45, 2.75) is 63.6 Å². The zero-order valence-electron chi connectivity index (χ0n) is 13.6. The van der Waals surface area contributed by atoms with Gasteiger partial charge in [-0.1, -0.05) is 12.8 Å². The predicted molar refractivity (Wildman–Crippen MR) is 82.2 cm³/mol. The second-order valence-electron chi connectivity index (χ2n) is 8.40. The number of ether oxygens (including phenoxy) is 2. The third-order valence-electron chi connectivity index (χ3n) is 7.20. The Labute approximate surface area is 133 Å². The maximum absolute atomic E-state index is 9.24. The van der Waals surface area contributed by atoms with E-state index in [2.05, 4.69) is 0 Å². The van der Waals surface area contributed by atoms with Crippen LogP contribution in [0.1, 0.15) is 57.8 Å². The number of rotatable bonds is 2. The third kappa shape index (κ3) is 2.52. The first-order valence-electron chi connectivity index (χ1n) is 9.16. The van der Waals surface area contributed by atoms with Crippen molar-refractivity contribution in [3.63, 3.8) is 0 Å². The van der Waals surface area contributed by atoms with Gasteiger partial charge in [0.2, 0.25) is 0 Å². The first kappa shape index (κ1) is 15.4. The van der Waals surface area contributed by atoms with Gasteiger partial charge in [0, 0.05) is 26.1 Å². The molecule has 5 fully saturated rings. The van der Waals surface area contributed by atoms with Gasteiger partial charge in [0.15, 0.2) is 5.79 Å². The zero-order valence-corrected chi connectivity index (χ0v) is 13.6. The highest BCUT2D eigenvalue weighted by Gasteiger charge is 2.61. The predicted octanol–water partition coefficient (Wildman–Crippen LogP) is 2.47. The number of aliphatic hydroxyl groups is 2. The molecule has 1 heterocycles. The van der Waals surface area contributed by atoms with E-state index in [9.17, 15) is 5.11 Å². The summed E-state index contributed by atoms with van der Waals surface area (Å²) in [7, 11) is 0. The van der Waals surface area contributed by atoms with Crippen molar-refractivity contribution in [2.24, 2.45) is 22.7 Å². The number of fused-ring (bicyclic) bond motifs is 2. The molecule has 1 aliphatic heterocycles. The standard InChI is InChI=1S/C10H16O3.C8H14O/c11-7-9-1-2-10(6-8(9)5-9)12-3-4-13-10;9-6-8-4-2-1-3-7(8)5-8/h8,11H,1-7H2;7,9H,1-6H2. The summed E-state index contributed by atoms with van der Waals surface area (Å²) >= 11 is 0. The van der Waals surface area contributed by atoms with Gasteiger partial charge >= 0.3 is 0 Å². The van der Waals surface area contributed by atoms with E-state index in [1.54, 1.807) is 0 Å². The van der Waals surface area contributed by atoms with Crippen LogP contribution in [0.15, 0.2) is 0 Å². The summed E-state index contributed by atoms with van der Waals surface area (Å²) < 4.78 is 11.3. The first-order valence-corrected chi connectivity index (χ1v) is 9.16. The Balaban J connectivity index is 0.000000122. The van der Waals surface area contributed by atoms with Crippen molar-refractivity contribution in [1.29, 1.82) is 0 Å². The average molecular weight is 310 g/mol. The summed E-state index contributed by atoms with van der Waals surface area (Å²) in [5.74, 6) is 1.32. The monoisotopic (exact) mass is 310 g/mol. The first-order chi connectivity index (χ1) is 10.7. The van der Waals surface area contributed by atoms with Crippen LogP contribution in [0.4, 0.5) is 0 Å². The Morgan fingerprint density at radius 3 is 2.05 bits per heavy atom. The molecule has 1 saturated heterocycles. The summed E-state index contributed by atoms with van der Waals surface area (Å²) in [6, 6.07) is 0. The van der Waals surface area contributed by atoms with Crippen LogP contribution in [0, 0.1) is 22.7 Å². The molecule has 4 nitrogen and oxygen atoms in total. The molecular weight excluding hydrogens is 280 g/mol. The zero-order chi connectivity index (χ0) is 15.3. The van der Waals surface area contributed by atoms with Crippen molar-refractivity contribution in [1.82, 2.24) is 0 Å². The molecule has 5 aliphatic rings. The molecule has 4 unspecified atom stereocenters. The Hall–Kier alpha value is -0.160. The van der Waals surface area contributed by atoms with Gasteiger partial charge in [-0.2, -0.15) is 0 Å². The van der Waals surface area contributed by atoms with Crippen molar-refractivity contribution in [2.75, 3.05) is 26.4 Å². The second kappa shape index (κ2) is 5.44. The van der Waals surface area contributed by atoms with E-state index in [4.69, 9.17) is 14.6 Å². The van der Waals surface area contributed by atoms with E-state index < -0.39 is 0 Å². The Morgan fingerprint density at radius 1 is 0.773 bits per heavy atom. The Bertz CT molecular complexity index is 419. The fourth-order valence-electron chi connectivity index (χ4n) is 5.26. The molecule has 4 saturated carbocycles. The molecule has 5 rings (SSSR count). The third-order valence-corrected chi connectivity index (χ3v) is 7.20. The van der Waals surface area contributed by atoms with Crippen LogP contribution in [0.3, 0.4) is 0 Å². The summed E-state index contributed by atoms with van der Waals surface area (Å²) in [4.78, 5) is 0. The topological polar surface area (TPSA) is 58.9 Å². The molecule has 0 aromatic rings. The van der Waals surface area contributed by atoms with E-state index in [0.29, 0.717) is 24.5 Å². The van der Waals surface area contributed by atoms with Crippen molar-refractivity contribution in [3.05, 3.63) is 0 Å². The lowest BCUT2D eigenvalue weighted by Gasteiger charge is -2.34. The lowest BCUT2D eigenvalue weighted by Crippen LogP contribution is -2.36. The molecular formula is C18H30O4. The van der Waals surface area contributed by atoms with Crippen LogP contribution < -0.4 is 0 Å². The lowest BCUT2D eigenvalue weighted by atomic mass is 9.85. The number of aliphatic hydroxyl groups excluding tert-OH is 2. The summed E-state index contributed by atoms with van der Waals surface area (Å²) in [6.45, 7) is 2.31. The Morgan fingerprint density at radius 2 is 1.45 bits per heavy atom. The van der Waals surface area contributed by atoms with Crippen molar-refractivity contribution in [3.8, 4) is 0 Å². The molecule has 0 radical (unpaired) electrons. The molecule has 0 aromatic heterocycles. The van der Waals surface area contributed by atoms with Crippen LogP contribution in [0.25, 0.3) is 0 Å². The molecule has 2 N–H and O–H groups in total. The van der Waals surface area contributed by atoms with Crippen LogP contribution in [-0.4, -0.2) is 42.4 Å². The minimum absolute atomic E-state index is 0.250. The average Bonchev–Trinajstić information content (AvgIpc) is 3.42. The maximum atomic E-state index is 9.24. The molecule has 1 spiro atoms. The number of hydrogen-bond donors (Lipinski definition) is 2. The van der Waals surface area contributed by atoms with Crippen LogP contribution in [0.2, 0.25) is 0 Å². The highest BCUT2D eigenvalue weighted by Crippen LogP contribution is 2.64. The van der Waals surface area contributed by atoms with Gasteiger partial charge in [-0.15, -0.1) is 0 Å². The minimum Gasteiger partial charge on any atom is -0.396 e. The minimum atomic E-state index is -0.250. The van der Waals surface area contributed by atoms with Gasteiger partial charge < -0.3 is 19.7 Å². The van der Waals surface area contributed by atoms with Gasteiger partial charge in [-0.3, -0.25) is 0 Å². The van der Waals surface area contributed by atoms with Crippen LogP contribution >= 0.6 is 0 Å². The van der Waals surface area contributed by atoms with Crippen LogP contribution in [-0.2, 0) is 9.47 Å². The maximum Gasteiger partial charge on any atom is 0.168 e. The van der Waals surface area contributed by atoms with Crippen molar-refractivity contribution >= 4 is 0 Å². The van der Waals surface area contributed by atoms with Crippen molar-refractivity contribution < 1.29 is 19.7 Å². The molecule has 0 bridgehead atoms. The quantitative estimate of drug-likeness (QED) is 0.822. The van der Waals surface area contributed by atoms with E-state index in [1.807, 2.05) is 0 Å². The van der Waals surface area contributed by atoms with E-state index in [-0.39, 0.29) is 11.2 Å². The second-order valence-corrected chi connectivity index (χ2v) is 8.40. The molecule has 4 aliphatic carbocycles. The normalized spacial score (nSPS) is 47.2. The summed E-state index contributed by atoms with van der Waals surface area (Å²) in [6.07, 6.45) is 11.0. The van der Waals surface area contributed by atoms with E-state index >= 15 is 0 Å². The SMILES string of the molecule is OCC12CCC3(CC1C2)OCCO3.OCC12CCCCC1C2. The molecule has 4 heteroatoms. The molecule has 0 amide bonds. The van der Waals surface area contributed by atoms with Gasteiger partial charge in [0.05, 0.1) is 13.2 Å². The molecule has 22 heavy (non-hydrogen) atoms. The van der Waals surface area contributed by atoms with Gasteiger partial charge in [0.1, 0.15) is 0 Å². The molecule has 126 valence electrons. The van der Waals surface area contributed by atoms with Crippen LogP contribution in [0.5, 0.6) is 0 Å². The van der Waals surface area contributed by atoms with Gasteiger partial charge in [0.25, 0.3) is 0 Å². The van der Waals surface area contributed by atoms with Gasteiger partial charge in [-0.25, -0.2) is 0 Å².